The van der Waals surface area contributed by atoms with Gasteiger partial charge >= 0.3 is 18.1 Å². The largest absolute Gasteiger partial charge is 0.509 e. The molecule has 0 aliphatic rings. The van der Waals surface area contributed by atoms with Crippen molar-refractivity contribution < 1.29 is 38.4 Å². The molecular formula is C24H20O8. The number of benzene rings is 3. The standard InChI is InChI=1S/C24H20O8/c25-20(22(26)30-18-12-6-2-7-13-18)21(23(27)31-19-14-8-3-9-15-19)32-24(28)29-16-17-10-4-1-5-11-17/h1-15,20-21,25H,16H2. The SMILES string of the molecule is O=C(OCc1ccccc1)OC(C(=O)Oc1ccccc1)C(O)C(=O)Oc1ccccc1. The molecule has 0 amide bonds. The predicted molar refractivity (Wildman–Crippen MR) is 112 cm³/mol. The number of aliphatic hydroxyl groups is 1. The zero-order valence-electron chi connectivity index (χ0n) is 16.8. The molecule has 0 fully saturated rings. The van der Waals surface area contributed by atoms with E-state index in [-0.39, 0.29) is 18.1 Å². The minimum Gasteiger partial charge on any atom is -0.429 e. The number of ether oxygens (including phenoxy) is 4. The summed E-state index contributed by atoms with van der Waals surface area (Å²) in [5.74, 6) is -2.11. The Morgan fingerprint density at radius 1 is 0.688 bits per heavy atom. The van der Waals surface area contributed by atoms with E-state index >= 15 is 0 Å². The third-order valence-electron chi connectivity index (χ3n) is 4.11. The first-order chi connectivity index (χ1) is 15.5. The van der Waals surface area contributed by atoms with Crippen molar-refractivity contribution in [2.24, 2.45) is 0 Å². The van der Waals surface area contributed by atoms with Crippen LogP contribution >= 0.6 is 0 Å². The molecule has 2 unspecified atom stereocenters. The van der Waals surface area contributed by atoms with Crippen molar-refractivity contribution in [1.82, 2.24) is 0 Å². The lowest BCUT2D eigenvalue weighted by Gasteiger charge is -2.20. The fourth-order valence-electron chi connectivity index (χ4n) is 2.55. The Labute approximate surface area is 183 Å². The molecule has 0 spiro atoms. The molecule has 1 N–H and O–H groups in total. The number of carbonyl (C=O) groups is 3. The second kappa shape index (κ2) is 11.3. The van der Waals surface area contributed by atoms with Crippen molar-refractivity contribution in [3.63, 3.8) is 0 Å². The van der Waals surface area contributed by atoms with Crippen LogP contribution in [0.2, 0.25) is 0 Å². The summed E-state index contributed by atoms with van der Waals surface area (Å²) in [7, 11) is 0. The van der Waals surface area contributed by atoms with Gasteiger partial charge in [0.1, 0.15) is 18.1 Å². The summed E-state index contributed by atoms with van der Waals surface area (Å²) in [6, 6.07) is 24.6. The zero-order chi connectivity index (χ0) is 22.8. The van der Waals surface area contributed by atoms with Gasteiger partial charge in [0, 0.05) is 0 Å². The van der Waals surface area contributed by atoms with E-state index in [4.69, 9.17) is 18.9 Å². The molecule has 3 rings (SSSR count). The summed E-state index contributed by atoms with van der Waals surface area (Å²) in [6.45, 7) is -0.134. The fraction of sp³-hybridized carbons (Fsp3) is 0.125. The number of carbonyl (C=O) groups excluding carboxylic acids is 3. The van der Waals surface area contributed by atoms with E-state index < -0.39 is 30.3 Å². The highest BCUT2D eigenvalue weighted by Gasteiger charge is 2.39. The van der Waals surface area contributed by atoms with Crippen LogP contribution in [0.1, 0.15) is 5.56 Å². The van der Waals surface area contributed by atoms with Crippen molar-refractivity contribution in [2.75, 3.05) is 0 Å². The number of para-hydroxylation sites is 2. The molecule has 0 aliphatic heterocycles. The molecule has 2 atom stereocenters. The Morgan fingerprint density at radius 3 is 1.69 bits per heavy atom. The third kappa shape index (κ3) is 6.68. The van der Waals surface area contributed by atoms with Gasteiger partial charge in [-0.1, -0.05) is 66.7 Å². The van der Waals surface area contributed by atoms with Gasteiger partial charge in [-0.25, -0.2) is 14.4 Å². The van der Waals surface area contributed by atoms with Gasteiger partial charge in [0.25, 0.3) is 0 Å². The smallest absolute Gasteiger partial charge is 0.429 e. The van der Waals surface area contributed by atoms with Crippen LogP contribution < -0.4 is 9.47 Å². The predicted octanol–water partition coefficient (Wildman–Crippen LogP) is 3.28. The first-order valence-corrected chi connectivity index (χ1v) is 9.62. The molecule has 0 aromatic heterocycles. The lowest BCUT2D eigenvalue weighted by molar-refractivity contribution is -0.164. The van der Waals surface area contributed by atoms with Gasteiger partial charge in [0.05, 0.1) is 0 Å². The van der Waals surface area contributed by atoms with Crippen LogP contribution in [0.5, 0.6) is 11.5 Å². The van der Waals surface area contributed by atoms with Gasteiger partial charge in [0.15, 0.2) is 0 Å². The highest BCUT2D eigenvalue weighted by atomic mass is 16.7. The maximum atomic E-state index is 12.6. The minimum absolute atomic E-state index is 0.132. The molecule has 0 bridgehead atoms. The number of rotatable bonds is 8. The van der Waals surface area contributed by atoms with Gasteiger partial charge < -0.3 is 24.1 Å². The van der Waals surface area contributed by atoms with Gasteiger partial charge in [-0.3, -0.25) is 0 Å². The Balaban J connectivity index is 1.69. The molecule has 0 heterocycles. The Bertz CT molecular complexity index is 1020. The summed E-state index contributed by atoms with van der Waals surface area (Å²) >= 11 is 0. The van der Waals surface area contributed by atoms with Crippen molar-refractivity contribution in [3.05, 3.63) is 96.6 Å². The van der Waals surface area contributed by atoms with E-state index in [0.29, 0.717) is 5.56 Å². The Hall–Kier alpha value is -4.17. The van der Waals surface area contributed by atoms with E-state index in [1.165, 1.54) is 24.3 Å². The zero-order valence-corrected chi connectivity index (χ0v) is 16.8. The number of aliphatic hydroxyl groups excluding tert-OH is 1. The summed E-state index contributed by atoms with van der Waals surface area (Å²) < 4.78 is 20.1. The molecule has 0 saturated carbocycles. The average Bonchev–Trinajstić information content (AvgIpc) is 2.82. The molecule has 0 radical (unpaired) electrons. The normalized spacial score (nSPS) is 12.2. The number of hydrogen-bond acceptors (Lipinski definition) is 8. The lowest BCUT2D eigenvalue weighted by Crippen LogP contribution is -2.46. The van der Waals surface area contributed by atoms with Crippen molar-refractivity contribution >= 4 is 18.1 Å². The number of esters is 2. The van der Waals surface area contributed by atoms with Crippen LogP contribution in [-0.2, 0) is 25.7 Å². The van der Waals surface area contributed by atoms with Crippen LogP contribution in [0.25, 0.3) is 0 Å². The maximum Gasteiger partial charge on any atom is 0.509 e. The second-order valence-electron chi connectivity index (χ2n) is 6.48. The third-order valence-corrected chi connectivity index (χ3v) is 4.11. The summed E-state index contributed by atoms with van der Waals surface area (Å²) in [5, 5.41) is 10.4. The summed E-state index contributed by atoms with van der Waals surface area (Å²) in [6.07, 6.45) is -5.44. The van der Waals surface area contributed by atoms with Crippen LogP contribution in [0.15, 0.2) is 91.0 Å². The quantitative estimate of drug-likeness (QED) is 0.423. The van der Waals surface area contributed by atoms with E-state index in [1.807, 2.05) is 0 Å². The van der Waals surface area contributed by atoms with Gasteiger partial charge in [-0.05, 0) is 29.8 Å². The highest BCUT2D eigenvalue weighted by Crippen LogP contribution is 2.15. The van der Waals surface area contributed by atoms with Gasteiger partial charge in [-0.2, -0.15) is 0 Å². The first-order valence-electron chi connectivity index (χ1n) is 9.62. The molecular weight excluding hydrogens is 416 g/mol. The maximum absolute atomic E-state index is 12.6. The minimum atomic E-state index is -2.16. The average molecular weight is 436 g/mol. The van der Waals surface area contributed by atoms with Crippen molar-refractivity contribution in [1.29, 1.82) is 0 Å². The number of hydrogen-bond donors (Lipinski definition) is 1. The fourth-order valence-corrected chi connectivity index (χ4v) is 2.55. The topological polar surface area (TPSA) is 108 Å². The summed E-state index contributed by atoms with van der Waals surface area (Å²) in [4.78, 5) is 37.1. The van der Waals surface area contributed by atoms with Crippen LogP contribution in [0.4, 0.5) is 4.79 Å². The molecule has 8 heteroatoms. The molecule has 3 aromatic carbocycles. The van der Waals surface area contributed by atoms with Crippen LogP contribution in [0, 0.1) is 0 Å². The van der Waals surface area contributed by atoms with E-state index in [2.05, 4.69) is 0 Å². The van der Waals surface area contributed by atoms with Gasteiger partial charge in [-0.15, -0.1) is 0 Å². The first kappa shape index (κ1) is 22.5. The molecule has 0 saturated heterocycles. The molecule has 8 nitrogen and oxygen atoms in total. The second-order valence-corrected chi connectivity index (χ2v) is 6.48. The molecule has 32 heavy (non-hydrogen) atoms. The van der Waals surface area contributed by atoms with E-state index in [9.17, 15) is 19.5 Å². The summed E-state index contributed by atoms with van der Waals surface area (Å²) in [5.41, 5.74) is 0.678. The molecule has 0 aliphatic carbocycles. The van der Waals surface area contributed by atoms with Crippen LogP contribution in [-0.4, -0.2) is 35.4 Å². The van der Waals surface area contributed by atoms with Gasteiger partial charge in [0.2, 0.25) is 12.2 Å². The lowest BCUT2D eigenvalue weighted by atomic mass is 10.2. The van der Waals surface area contributed by atoms with Crippen molar-refractivity contribution in [3.8, 4) is 11.5 Å². The molecule has 164 valence electrons. The van der Waals surface area contributed by atoms with E-state index in [1.54, 1.807) is 66.7 Å². The Morgan fingerprint density at radius 2 is 1.16 bits per heavy atom. The highest BCUT2D eigenvalue weighted by molar-refractivity contribution is 5.88. The van der Waals surface area contributed by atoms with E-state index in [0.717, 1.165) is 0 Å². The monoisotopic (exact) mass is 436 g/mol. The van der Waals surface area contributed by atoms with Crippen LogP contribution in [0.3, 0.4) is 0 Å². The van der Waals surface area contributed by atoms with Crippen molar-refractivity contribution in [2.45, 2.75) is 18.8 Å². The molecule has 3 aromatic rings. The Kier molecular flexibility index (Phi) is 7.94.